The number of aryl methyl sites for hydroxylation is 1. The maximum absolute atomic E-state index is 10.5. The summed E-state index contributed by atoms with van der Waals surface area (Å²) in [7, 11) is 2.11. The summed E-state index contributed by atoms with van der Waals surface area (Å²) >= 11 is 0. The molecule has 1 aromatic rings. The van der Waals surface area contributed by atoms with Gasteiger partial charge in [0.15, 0.2) is 0 Å². The largest absolute Gasteiger partial charge is 0.387 e. The molecular formula is C17H29NO. The Morgan fingerprint density at radius 3 is 2.05 bits per heavy atom. The second-order valence-corrected chi connectivity index (χ2v) is 6.24. The molecule has 0 bridgehead atoms. The number of hydrogen-bond donors (Lipinski definition) is 1. The average molecular weight is 263 g/mol. The van der Waals surface area contributed by atoms with E-state index in [-0.39, 0.29) is 6.04 Å². The van der Waals surface area contributed by atoms with Gasteiger partial charge in [0.05, 0.1) is 6.10 Å². The first-order chi connectivity index (χ1) is 8.82. The van der Waals surface area contributed by atoms with Crippen LogP contribution in [0, 0.1) is 12.8 Å². The van der Waals surface area contributed by atoms with Gasteiger partial charge in [-0.3, -0.25) is 4.90 Å². The van der Waals surface area contributed by atoms with Crippen molar-refractivity contribution in [1.82, 2.24) is 4.90 Å². The monoisotopic (exact) mass is 263 g/mol. The molecule has 2 nitrogen and oxygen atoms in total. The Morgan fingerprint density at radius 2 is 1.58 bits per heavy atom. The van der Waals surface area contributed by atoms with Gasteiger partial charge in [-0.05, 0) is 45.7 Å². The molecule has 0 aliphatic heterocycles. The molecule has 0 radical (unpaired) electrons. The van der Waals surface area contributed by atoms with Gasteiger partial charge in [-0.1, -0.05) is 43.7 Å². The highest BCUT2D eigenvalue weighted by atomic mass is 16.3. The van der Waals surface area contributed by atoms with Gasteiger partial charge >= 0.3 is 0 Å². The molecule has 0 saturated heterocycles. The van der Waals surface area contributed by atoms with E-state index in [1.54, 1.807) is 0 Å². The Hall–Kier alpha value is -0.860. The Balaban J connectivity index is 2.70. The lowest BCUT2D eigenvalue weighted by atomic mass is 9.98. The number of benzene rings is 1. The van der Waals surface area contributed by atoms with Crippen molar-refractivity contribution in [3.63, 3.8) is 0 Å². The highest BCUT2D eigenvalue weighted by Crippen LogP contribution is 2.23. The predicted molar refractivity (Wildman–Crippen MR) is 82.3 cm³/mol. The number of aliphatic hydroxyl groups is 1. The number of likely N-dealkylation sites (N-methyl/N-ethyl adjacent to an activating group) is 1. The molecule has 3 atom stereocenters. The van der Waals surface area contributed by atoms with Gasteiger partial charge in [-0.25, -0.2) is 0 Å². The first kappa shape index (κ1) is 16.2. The fourth-order valence-electron chi connectivity index (χ4n) is 2.51. The van der Waals surface area contributed by atoms with Crippen molar-refractivity contribution < 1.29 is 5.11 Å². The summed E-state index contributed by atoms with van der Waals surface area (Å²) in [6.07, 6.45) is 0.724. The summed E-state index contributed by atoms with van der Waals surface area (Å²) in [4.78, 5) is 2.28. The van der Waals surface area contributed by atoms with Crippen LogP contribution < -0.4 is 0 Å². The van der Waals surface area contributed by atoms with Crippen LogP contribution in [0.3, 0.4) is 0 Å². The minimum Gasteiger partial charge on any atom is -0.387 e. The van der Waals surface area contributed by atoms with Crippen LogP contribution in [0.4, 0.5) is 0 Å². The third kappa shape index (κ3) is 4.63. The van der Waals surface area contributed by atoms with E-state index in [0.717, 1.165) is 12.0 Å². The molecule has 0 aliphatic rings. The van der Waals surface area contributed by atoms with E-state index in [1.807, 2.05) is 12.1 Å². The lowest BCUT2D eigenvalue weighted by Gasteiger charge is -2.34. The molecule has 1 rings (SSSR count). The zero-order chi connectivity index (χ0) is 14.6. The van der Waals surface area contributed by atoms with Crippen LogP contribution in [0.15, 0.2) is 24.3 Å². The highest BCUT2D eigenvalue weighted by Gasteiger charge is 2.24. The van der Waals surface area contributed by atoms with E-state index in [1.165, 1.54) is 5.56 Å². The standard InChI is InChI=1S/C17H29NO/c1-12(2)11-14(4)18(6)15(5)17(19)16-9-7-13(3)8-10-16/h7-10,12,14-15,17,19H,11H2,1-6H3. The zero-order valence-corrected chi connectivity index (χ0v) is 13.2. The van der Waals surface area contributed by atoms with Gasteiger partial charge in [-0.2, -0.15) is 0 Å². The van der Waals surface area contributed by atoms with Gasteiger partial charge in [-0.15, -0.1) is 0 Å². The molecule has 1 N–H and O–H groups in total. The second-order valence-electron chi connectivity index (χ2n) is 6.24. The van der Waals surface area contributed by atoms with Crippen molar-refractivity contribution in [2.75, 3.05) is 7.05 Å². The van der Waals surface area contributed by atoms with Gasteiger partial charge in [0.1, 0.15) is 0 Å². The van der Waals surface area contributed by atoms with Crippen LogP contribution >= 0.6 is 0 Å². The summed E-state index contributed by atoms with van der Waals surface area (Å²) in [5.74, 6) is 0.682. The molecule has 0 heterocycles. The molecule has 0 spiro atoms. The van der Waals surface area contributed by atoms with Gasteiger partial charge in [0, 0.05) is 12.1 Å². The summed E-state index contributed by atoms with van der Waals surface area (Å²) in [5, 5.41) is 10.5. The molecule has 3 unspecified atom stereocenters. The fraction of sp³-hybridized carbons (Fsp3) is 0.647. The maximum atomic E-state index is 10.5. The molecule has 1 aromatic carbocycles. The van der Waals surface area contributed by atoms with Crippen LogP contribution in [0.2, 0.25) is 0 Å². The van der Waals surface area contributed by atoms with E-state index < -0.39 is 6.10 Å². The molecule has 2 heteroatoms. The first-order valence-corrected chi connectivity index (χ1v) is 7.29. The lowest BCUT2D eigenvalue weighted by Crippen LogP contribution is -2.41. The normalized spacial score (nSPS) is 16.7. The molecular weight excluding hydrogens is 234 g/mol. The first-order valence-electron chi connectivity index (χ1n) is 7.29. The van der Waals surface area contributed by atoms with E-state index in [0.29, 0.717) is 12.0 Å². The number of aliphatic hydroxyl groups excluding tert-OH is 1. The van der Waals surface area contributed by atoms with Crippen molar-refractivity contribution in [2.45, 2.75) is 59.2 Å². The van der Waals surface area contributed by atoms with Crippen molar-refractivity contribution >= 4 is 0 Å². The van der Waals surface area contributed by atoms with Gasteiger partial charge in [0.25, 0.3) is 0 Å². The molecule has 108 valence electrons. The molecule has 0 aliphatic carbocycles. The Labute approximate surface area is 118 Å². The van der Waals surface area contributed by atoms with E-state index in [2.05, 4.69) is 58.7 Å². The van der Waals surface area contributed by atoms with E-state index >= 15 is 0 Å². The van der Waals surface area contributed by atoms with Crippen molar-refractivity contribution in [1.29, 1.82) is 0 Å². The van der Waals surface area contributed by atoms with Crippen LogP contribution in [-0.2, 0) is 0 Å². The van der Waals surface area contributed by atoms with Crippen LogP contribution in [0.25, 0.3) is 0 Å². The fourth-order valence-corrected chi connectivity index (χ4v) is 2.51. The van der Waals surface area contributed by atoms with Gasteiger partial charge in [0.2, 0.25) is 0 Å². The smallest absolute Gasteiger partial charge is 0.0942 e. The van der Waals surface area contributed by atoms with Crippen LogP contribution in [0.1, 0.15) is 51.3 Å². The highest BCUT2D eigenvalue weighted by molar-refractivity contribution is 5.24. The lowest BCUT2D eigenvalue weighted by molar-refractivity contribution is 0.0481. The van der Waals surface area contributed by atoms with Crippen LogP contribution in [0.5, 0.6) is 0 Å². The Bertz CT molecular complexity index is 371. The number of rotatable bonds is 6. The molecule has 0 aromatic heterocycles. The van der Waals surface area contributed by atoms with E-state index in [9.17, 15) is 5.11 Å². The molecule has 0 saturated carbocycles. The summed E-state index contributed by atoms with van der Waals surface area (Å²) in [5.41, 5.74) is 2.23. The second kappa shape index (κ2) is 7.06. The Kier molecular flexibility index (Phi) is 6.02. The Morgan fingerprint density at radius 1 is 1.05 bits per heavy atom. The van der Waals surface area contributed by atoms with Crippen molar-refractivity contribution in [3.05, 3.63) is 35.4 Å². The van der Waals surface area contributed by atoms with Crippen molar-refractivity contribution in [3.8, 4) is 0 Å². The summed E-state index contributed by atoms with van der Waals surface area (Å²) < 4.78 is 0. The molecule has 0 amide bonds. The molecule has 19 heavy (non-hydrogen) atoms. The maximum Gasteiger partial charge on any atom is 0.0942 e. The van der Waals surface area contributed by atoms with Crippen LogP contribution in [-0.4, -0.2) is 29.1 Å². The molecule has 0 fully saturated rings. The number of nitrogens with zero attached hydrogens (tertiary/aromatic N) is 1. The van der Waals surface area contributed by atoms with Gasteiger partial charge < -0.3 is 5.11 Å². The topological polar surface area (TPSA) is 23.5 Å². The summed E-state index contributed by atoms with van der Waals surface area (Å²) in [6.45, 7) is 10.9. The predicted octanol–water partition coefficient (Wildman–Crippen LogP) is 3.78. The minimum absolute atomic E-state index is 0.122. The summed E-state index contributed by atoms with van der Waals surface area (Å²) in [6, 6.07) is 8.77. The number of hydrogen-bond acceptors (Lipinski definition) is 2. The minimum atomic E-state index is -0.430. The average Bonchev–Trinajstić information content (AvgIpc) is 2.36. The quantitative estimate of drug-likeness (QED) is 0.844. The third-order valence-electron chi connectivity index (χ3n) is 4.03. The zero-order valence-electron chi connectivity index (χ0n) is 13.2. The van der Waals surface area contributed by atoms with E-state index in [4.69, 9.17) is 0 Å². The third-order valence-corrected chi connectivity index (χ3v) is 4.03. The SMILES string of the molecule is Cc1ccc(C(O)C(C)N(C)C(C)CC(C)C)cc1. The van der Waals surface area contributed by atoms with Crippen molar-refractivity contribution in [2.24, 2.45) is 5.92 Å².